The van der Waals surface area contributed by atoms with Gasteiger partial charge in [-0.25, -0.2) is 4.39 Å². The molecule has 1 unspecified atom stereocenters. The summed E-state index contributed by atoms with van der Waals surface area (Å²) in [6.45, 7) is 2.00. The smallest absolute Gasteiger partial charge is 0.236 e. The van der Waals surface area contributed by atoms with Crippen molar-refractivity contribution in [1.82, 2.24) is 10.6 Å². The zero-order chi connectivity index (χ0) is 12.1. The summed E-state index contributed by atoms with van der Waals surface area (Å²) in [4.78, 5) is 11.2. The van der Waals surface area contributed by atoms with Crippen LogP contribution >= 0.6 is 11.6 Å². The van der Waals surface area contributed by atoms with Crippen molar-refractivity contribution >= 4 is 17.5 Å². The molecule has 0 saturated heterocycles. The van der Waals surface area contributed by atoms with E-state index >= 15 is 0 Å². The molecule has 88 valence electrons. The van der Waals surface area contributed by atoms with Crippen LogP contribution in [0.3, 0.4) is 0 Å². The maximum absolute atomic E-state index is 13.4. The van der Waals surface area contributed by atoms with E-state index in [4.69, 9.17) is 11.6 Å². The molecular weight excluding hydrogens is 231 g/mol. The lowest BCUT2D eigenvalue weighted by Crippen LogP contribution is -2.40. The van der Waals surface area contributed by atoms with Crippen molar-refractivity contribution in [2.45, 2.75) is 19.5 Å². The minimum absolute atomic E-state index is 0.130. The second kappa shape index (κ2) is 5.82. The van der Waals surface area contributed by atoms with Crippen LogP contribution in [0.25, 0.3) is 0 Å². The predicted molar refractivity (Wildman–Crippen MR) is 61.8 cm³/mol. The van der Waals surface area contributed by atoms with Gasteiger partial charge in [0.05, 0.1) is 6.04 Å². The first-order valence-corrected chi connectivity index (χ1v) is 5.31. The summed E-state index contributed by atoms with van der Waals surface area (Å²) >= 11 is 5.63. The third-order valence-corrected chi connectivity index (χ3v) is 2.49. The average Bonchev–Trinajstić information content (AvgIpc) is 2.26. The standard InChI is InChI=1S/C11H14ClFN2O/c1-7(11(16)14-2)15-6-8-3-4-9(12)5-10(8)13/h3-5,7,15H,6H2,1-2H3,(H,14,16). The highest BCUT2D eigenvalue weighted by molar-refractivity contribution is 6.30. The molecule has 1 rings (SSSR count). The molecular formula is C11H14ClFN2O. The molecule has 0 saturated carbocycles. The highest BCUT2D eigenvalue weighted by Crippen LogP contribution is 2.14. The van der Waals surface area contributed by atoms with E-state index in [2.05, 4.69) is 10.6 Å². The molecule has 0 bridgehead atoms. The molecule has 0 aliphatic rings. The fourth-order valence-electron chi connectivity index (χ4n) is 1.24. The Balaban J connectivity index is 2.58. The monoisotopic (exact) mass is 244 g/mol. The van der Waals surface area contributed by atoms with E-state index in [1.807, 2.05) is 0 Å². The van der Waals surface area contributed by atoms with Gasteiger partial charge >= 0.3 is 0 Å². The van der Waals surface area contributed by atoms with E-state index in [-0.39, 0.29) is 24.3 Å². The van der Waals surface area contributed by atoms with Gasteiger partial charge in [-0.1, -0.05) is 17.7 Å². The van der Waals surface area contributed by atoms with Crippen molar-refractivity contribution in [1.29, 1.82) is 0 Å². The van der Waals surface area contributed by atoms with Crippen LogP contribution in [0, 0.1) is 5.82 Å². The summed E-state index contributed by atoms with van der Waals surface area (Å²) in [5.74, 6) is -0.501. The molecule has 1 amide bonds. The molecule has 1 aromatic rings. The fourth-order valence-corrected chi connectivity index (χ4v) is 1.40. The van der Waals surface area contributed by atoms with Crippen molar-refractivity contribution in [3.05, 3.63) is 34.6 Å². The molecule has 1 atom stereocenters. The van der Waals surface area contributed by atoms with Crippen LogP contribution in [0.2, 0.25) is 5.02 Å². The first-order chi connectivity index (χ1) is 7.54. The Morgan fingerprint density at radius 2 is 2.25 bits per heavy atom. The van der Waals surface area contributed by atoms with Gasteiger partial charge in [0.15, 0.2) is 0 Å². The van der Waals surface area contributed by atoms with Gasteiger partial charge < -0.3 is 10.6 Å². The Kier molecular flexibility index (Phi) is 4.71. The van der Waals surface area contributed by atoms with Crippen molar-refractivity contribution < 1.29 is 9.18 Å². The van der Waals surface area contributed by atoms with Gasteiger partial charge in [-0.05, 0) is 19.1 Å². The second-order valence-corrected chi connectivity index (χ2v) is 3.89. The van der Waals surface area contributed by atoms with Gasteiger partial charge in [0.2, 0.25) is 5.91 Å². The van der Waals surface area contributed by atoms with E-state index in [1.165, 1.54) is 6.07 Å². The Hall–Kier alpha value is -1.13. The van der Waals surface area contributed by atoms with Gasteiger partial charge in [0.1, 0.15) is 5.82 Å². The van der Waals surface area contributed by atoms with Crippen LogP contribution in [-0.4, -0.2) is 19.0 Å². The van der Waals surface area contributed by atoms with Gasteiger partial charge in [0, 0.05) is 24.2 Å². The molecule has 0 aliphatic carbocycles. The van der Waals surface area contributed by atoms with Crippen LogP contribution in [0.15, 0.2) is 18.2 Å². The number of halogens is 2. The Labute approximate surface area is 99.0 Å². The number of amides is 1. The number of benzene rings is 1. The Bertz CT molecular complexity index is 384. The van der Waals surface area contributed by atoms with E-state index in [9.17, 15) is 9.18 Å². The van der Waals surface area contributed by atoms with E-state index in [0.29, 0.717) is 10.6 Å². The normalized spacial score (nSPS) is 12.2. The van der Waals surface area contributed by atoms with Crippen LogP contribution in [0.1, 0.15) is 12.5 Å². The van der Waals surface area contributed by atoms with Crippen molar-refractivity contribution in [3.8, 4) is 0 Å². The van der Waals surface area contributed by atoms with Crippen LogP contribution < -0.4 is 10.6 Å². The molecule has 2 N–H and O–H groups in total. The third kappa shape index (κ3) is 3.47. The largest absolute Gasteiger partial charge is 0.358 e. The summed E-state index contributed by atoms with van der Waals surface area (Å²) < 4.78 is 13.4. The number of hydrogen-bond acceptors (Lipinski definition) is 2. The minimum Gasteiger partial charge on any atom is -0.358 e. The molecule has 1 aromatic carbocycles. The Morgan fingerprint density at radius 3 is 2.81 bits per heavy atom. The van der Waals surface area contributed by atoms with Crippen molar-refractivity contribution in [2.75, 3.05) is 7.05 Å². The van der Waals surface area contributed by atoms with E-state index in [0.717, 1.165) is 0 Å². The molecule has 0 aromatic heterocycles. The van der Waals surface area contributed by atoms with Crippen LogP contribution in [0.5, 0.6) is 0 Å². The molecule has 3 nitrogen and oxygen atoms in total. The minimum atomic E-state index is -0.371. The lowest BCUT2D eigenvalue weighted by molar-refractivity contribution is -0.122. The highest BCUT2D eigenvalue weighted by Gasteiger charge is 2.11. The molecule has 16 heavy (non-hydrogen) atoms. The first kappa shape index (κ1) is 12.9. The fraction of sp³-hybridized carbons (Fsp3) is 0.364. The number of rotatable bonds is 4. The van der Waals surface area contributed by atoms with Crippen molar-refractivity contribution in [3.63, 3.8) is 0 Å². The van der Waals surface area contributed by atoms with Gasteiger partial charge in [0.25, 0.3) is 0 Å². The van der Waals surface area contributed by atoms with Crippen LogP contribution in [-0.2, 0) is 11.3 Å². The van der Waals surface area contributed by atoms with Gasteiger partial charge in [-0.2, -0.15) is 0 Å². The predicted octanol–water partition coefficient (Wildman–Crippen LogP) is 1.70. The molecule has 0 radical (unpaired) electrons. The first-order valence-electron chi connectivity index (χ1n) is 4.93. The van der Waals surface area contributed by atoms with Crippen molar-refractivity contribution in [2.24, 2.45) is 0 Å². The lowest BCUT2D eigenvalue weighted by atomic mass is 10.2. The van der Waals surface area contributed by atoms with E-state index < -0.39 is 0 Å². The molecule has 0 spiro atoms. The third-order valence-electron chi connectivity index (χ3n) is 2.25. The maximum Gasteiger partial charge on any atom is 0.236 e. The Morgan fingerprint density at radius 1 is 1.56 bits per heavy atom. The van der Waals surface area contributed by atoms with Crippen LogP contribution in [0.4, 0.5) is 4.39 Å². The van der Waals surface area contributed by atoms with Gasteiger partial charge in [-0.15, -0.1) is 0 Å². The molecule has 0 fully saturated rings. The highest BCUT2D eigenvalue weighted by atomic mass is 35.5. The number of likely N-dealkylation sites (N-methyl/N-ethyl adjacent to an activating group) is 1. The molecule has 0 heterocycles. The summed E-state index contributed by atoms with van der Waals surface area (Å²) in [6, 6.07) is 4.11. The number of hydrogen-bond donors (Lipinski definition) is 2. The lowest BCUT2D eigenvalue weighted by Gasteiger charge is -2.12. The molecule has 5 heteroatoms. The summed E-state index contributed by atoms with van der Waals surface area (Å²) in [5, 5.41) is 5.78. The number of carbonyl (C=O) groups is 1. The summed E-state index contributed by atoms with van der Waals surface area (Å²) in [5.41, 5.74) is 0.486. The zero-order valence-corrected chi connectivity index (χ0v) is 9.94. The SMILES string of the molecule is CNC(=O)C(C)NCc1ccc(Cl)cc1F. The topological polar surface area (TPSA) is 41.1 Å². The number of carbonyl (C=O) groups excluding carboxylic acids is 1. The second-order valence-electron chi connectivity index (χ2n) is 3.45. The number of nitrogens with one attached hydrogen (secondary N) is 2. The quantitative estimate of drug-likeness (QED) is 0.847. The molecule has 0 aliphatic heterocycles. The summed E-state index contributed by atoms with van der Waals surface area (Å²) in [7, 11) is 1.56. The zero-order valence-electron chi connectivity index (χ0n) is 9.18. The maximum atomic E-state index is 13.4. The van der Waals surface area contributed by atoms with E-state index in [1.54, 1.807) is 26.1 Å². The summed E-state index contributed by atoms with van der Waals surface area (Å²) in [6.07, 6.45) is 0. The van der Waals surface area contributed by atoms with Gasteiger partial charge in [-0.3, -0.25) is 4.79 Å². The average molecular weight is 245 g/mol.